The molecule has 2 aliphatic heterocycles. The molecule has 3 fully saturated rings. The number of aliphatic carboxylic acids is 1. The second-order valence-electron chi connectivity index (χ2n) is 7.14. The minimum Gasteiger partial charge on any atom is -0.481 e. The highest BCUT2D eigenvalue weighted by Crippen LogP contribution is 2.34. The molecule has 0 spiro atoms. The van der Waals surface area contributed by atoms with Crippen LogP contribution in [0, 0.1) is 17.8 Å². The maximum absolute atomic E-state index is 12.4. The number of hydrogen-bond donors (Lipinski definition) is 1. The van der Waals surface area contributed by atoms with Gasteiger partial charge >= 0.3 is 5.97 Å². The van der Waals surface area contributed by atoms with Crippen LogP contribution in [0.25, 0.3) is 0 Å². The number of carbonyl (C=O) groups excluding carboxylic acids is 1. The summed E-state index contributed by atoms with van der Waals surface area (Å²) in [5.41, 5.74) is 0. The van der Waals surface area contributed by atoms with Gasteiger partial charge in [-0.2, -0.15) is 0 Å². The van der Waals surface area contributed by atoms with Crippen molar-refractivity contribution < 1.29 is 19.4 Å². The fraction of sp³-hybridized carbons (Fsp3) is 0.882. The van der Waals surface area contributed by atoms with Crippen LogP contribution in [-0.2, 0) is 14.3 Å². The van der Waals surface area contributed by atoms with Crippen molar-refractivity contribution in [3.05, 3.63) is 0 Å². The van der Waals surface area contributed by atoms with Gasteiger partial charge < -0.3 is 14.7 Å². The van der Waals surface area contributed by atoms with Gasteiger partial charge in [0.1, 0.15) is 0 Å². The lowest BCUT2D eigenvalue weighted by molar-refractivity contribution is -0.146. The highest BCUT2D eigenvalue weighted by atomic mass is 16.5. The second kappa shape index (κ2) is 6.99. The van der Waals surface area contributed by atoms with E-state index in [1.54, 1.807) is 0 Å². The zero-order chi connectivity index (χ0) is 15.5. The lowest BCUT2D eigenvalue weighted by Gasteiger charge is -2.36. The fourth-order valence-electron chi connectivity index (χ4n) is 4.41. The van der Waals surface area contributed by atoms with Gasteiger partial charge in [0, 0.05) is 26.1 Å². The maximum Gasteiger partial charge on any atom is 0.309 e. The summed E-state index contributed by atoms with van der Waals surface area (Å²) in [6.07, 6.45) is 7.91. The standard InChI is InChI=1S/C17H27NO4/c19-15(11-12-3-1-2-4-12)18-8-5-13(6-9-18)16-14(17(20)21)7-10-22-16/h12-14,16H,1-11H2,(H,20,21)/t14?,16-/m0/s1. The van der Waals surface area contributed by atoms with E-state index in [1.807, 2.05) is 4.90 Å². The first-order valence-electron chi connectivity index (χ1n) is 8.77. The zero-order valence-corrected chi connectivity index (χ0v) is 13.2. The Bertz CT molecular complexity index is 411. The molecule has 1 N–H and O–H groups in total. The van der Waals surface area contributed by atoms with Crippen molar-refractivity contribution in [1.82, 2.24) is 4.90 Å². The smallest absolute Gasteiger partial charge is 0.309 e. The van der Waals surface area contributed by atoms with Crippen LogP contribution in [0.4, 0.5) is 0 Å². The van der Waals surface area contributed by atoms with Gasteiger partial charge in [-0.25, -0.2) is 0 Å². The molecule has 1 unspecified atom stereocenters. The molecule has 2 atom stereocenters. The Labute approximate surface area is 132 Å². The molecule has 2 heterocycles. The largest absolute Gasteiger partial charge is 0.481 e. The fourth-order valence-corrected chi connectivity index (χ4v) is 4.41. The molecule has 0 aromatic rings. The van der Waals surface area contributed by atoms with Gasteiger partial charge in [-0.3, -0.25) is 9.59 Å². The van der Waals surface area contributed by atoms with Crippen molar-refractivity contribution in [2.45, 2.75) is 57.5 Å². The number of carboxylic acid groups (broad SMARTS) is 1. The van der Waals surface area contributed by atoms with E-state index in [1.165, 1.54) is 25.7 Å². The SMILES string of the molecule is O=C(O)C1CCO[C@H]1C1CCN(C(=O)CC2CCCC2)CC1. The van der Waals surface area contributed by atoms with Crippen LogP contribution in [0.3, 0.4) is 0 Å². The van der Waals surface area contributed by atoms with E-state index in [2.05, 4.69) is 0 Å². The predicted octanol–water partition coefficient (Wildman–Crippen LogP) is 2.29. The average molecular weight is 309 g/mol. The summed E-state index contributed by atoms with van der Waals surface area (Å²) in [4.78, 5) is 25.6. The summed E-state index contributed by atoms with van der Waals surface area (Å²) in [5.74, 6) is 0.0966. The monoisotopic (exact) mass is 309 g/mol. The third-order valence-electron chi connectivity index (χ3n) is 5.75. The molecule has 1 aliphatic carbocycles. The quantitative estimate of drug-likeness (QED) is 0.865. The van der Waals surface area contributed by atoms with Crippen molar-refractivity contribution >= 4 is 11.9 Å². The number of hydrogen-bond acceptors (Lipinski definition) is 3. The van der Waals surface area contributed by atoms with Crippen LogP contribution in [0.2, 0.25) is 0 Å². The van der Waals surface area contributed by atoms with Gasteiger partial charge in [-0.05, 0) is 43.9 Å². The first kappa shape index (κ1) is 15.8. The number of carbonyl (C=O) groups is 2. The number of nitrogens with zero attached hydrogens (tertiary/aromatic N) is 1. The molecule has 0 aromatic heterocycles. The third kappa shape index (κ3) is 3.45. The Morgan fingerprint density at radius 2 is 1.73 bits per heavy atom. The zero-order valence-electron chi connectivity index (χ0n) is 13.2. The highest BCUT2D eigenvalue weighted by Gasteiger charge is 2.40. The summed E-state index contributed by atoms with van der Waals surface area (Å²) in [6, 6.07) is 0. The van der Waals surface area contributed by atoms with E-state index in [0.717, 1.165) is 25.9 Å². The van der Waals surface area contributed by atoms with Gasteiger partial charge in [-0.15, -0.1) is 0 Å². The van der Waals surface area contributed by atoms with Crippen LogP contribution in [0.15, 0.2) is 0 Å². The molecule has 5 heteroatoms. The van der Waals surface area contributed by atoms with Crippen molar-refractivity contribution in [3.8, 4) is 0 Å². The molecule has 3 rings (SSSR count). The number of piperidine rings is 1. The topological polar surface area (TPSA) is 66.8 Å². The second-order valence-corrected chi connectivity index (χ2v) is 7.14. The van der Waals surface area contributed by atoms with E-state index in [-0.39, 0.29) is 12.0 Å². The van der Waals surface area contributed by atoms with E-state index in [0.29, 0.717) is 37.2 Å². The Hall–Kier alpha value is -1.10. The number of rotatable bonds is 4. The highest BCUT2D eigenvalue weighted by molar-refractivity contribution is 5.76. The molecule has 1 amide bonds. The molecule has 0 radical (unpaired) electrons. The Morgan fingerprint density at radius 3 is 2.36 bits per heavy atom. The van der Waals surface area contributed by atoms with Crippen LogP contribution in [0.1, 0.15) is 51.4 Å². The predicted molar refractivity (Wildman–Crippen MR) is 81.4 cm³/mol. The number of ether oxygens (including phenoxy) is 1. The summed E-state index contributed by atoms with van der Waals surface area (Å²) in [6.45, 7) is 2.09. The molecule has 3 aliphatic rings. The maximum atomic E-state index is 12.4. The number of likely N-dealkylation sites (tertiary alicyclic amines) is 1. The minimum absolute atomic E-state index is 0.149. The van der Waals surface area contributed by atoms with Gasteiger partial charge in [0.15, 0.2) is 0 Å². The molecular weight excluding hydrogens is 282 g/mol. The number of amides is 1. The van der Waals surface area contributed by atoms with Gasteiger partial charge in [0.2, 0.25) is 5.91 Å². The lowest BCUT2D eigenvalue weighted by Crippen LogP contribution is -2.43. The van der Waals surface area contributed by atoms with Crippen molar-refractivity contribution in [3.63, 3.8) is 0 Å². The third-order valence-corrected chi connectivity index (χ3v) is 5.75. The summed E-state index contributed by atoms with van der Waals surface area (Å²) < 4.78 is 5.69. The summed E-state index contributed by atoms with van der Waals surface area (Å²) in [7, 11) is 0. The van der Waals surface area contributed by atoms with E-state index in [4.69, 9.17) is 4.74 Å². The molecule has 124 valence electrons. The first-order chi connectivity index (χ1) is 10.6. The van der Waals surface area contributed by atoms with Crippen LogP contribution >= 0.6 is 0 Å². The lowest BCUT2D eigenvalue weighted by atomic mass is 9.84. The minimum atomic E-state index is -0.734. The first-order valence-corrected chi connectivity index (χ1v) is 8.77. The normalized spacial score (nSPS) is 30.8. The molecular formula is C17H27NO4. The van der Waals surface area contributed by atoms with E-state index >= 15 is 0 Å². The van der Waals surface area contributed by atoms with Gasteiger partial charge in [0.05, 0.1) is 12.0 Å². The Balaban J connectivity index is 1.47. The Kier molecular flexibility index (Phi) is 5.01. The van der Waals surface area contributed by atoms with Crippen LogP contribution in [0.5, 0.6) is 0 Å². The van der Waals surface area contributed by atoms with Crippen molar-refractivity contribution in [1.29, 1.82) is 0 Å². The average Bonchev–Trinajstić information content (AvgIpc) is 3.18. The van der Waals surface area contributed by atoms with E-state index < -0.39 is 5.97 Å². The summed E-state index contributed by atoms with van der Waals surface area (Å²) in [5, 5.41) is 9.27. The number of carboxylic acids is 1. The molecule has 1 saturated carbocycles. The van der Waals surface area contributed by atoms with Crippen molar-refractivity contribution in [2.24, 2.45) is 17.8 Å². The molecule has 0 aromatic carbocycles. The van der Waals surface area contributed by atoms with Crippen molar-refractivity contribution in [2.75, 3.05) is 19.7 Å². The Morgan fingerprint density at radius 1 is 1.05 bits per heavy atom. The van der Waals surface area contributed by atoms with Crippen LogP contribution < -0.4 is 0 Å². The van der Waals surface area contributed by atoms with Gasteiger partial charge in [0.25, 0.3) is 0 Å². The summed E-state index contributed by atoms with van der Waals surface area (Å²) >= 11 is 0. The van der Waals surface area contributed by atoms with E-state index in [9.17, 15) is 14.7 Å². The molecule has 0 bridgehead atoms. The molecule has 22 heavy (non-hydrogen) atoms. The molecule has 2 saturated heterocycles. The molecule has 5 nitrogen and oxygen atoms in total. The van der Waals surface area contributed by atoms with Gasteiger partial charge in [-0.1, -0.05) is 12.8 Å². The van der Waals surface area contributed by atoms with Crippen LogP contribution in [-0.4, -0.2) is 47.7 Å².